The van der Waals surface area contributed by atoms with Crippen molar-refractivity contribution in [3.63, 3.8) is 0 Å². The van der Waals surface area contributed by atoms with Crippen LogP contribution in [0.4, 0.5) is 0 Å². The first-order valence-corrected chi connectivity index (χ1v) is 14.8. The van der Waals surface area contributed by atoms with Gasteiger partial charge in [-0.3, -0.25) is 4.52 Å². The van der Waals surface area contributed by atoms with Gasteiger partial charge < -0.3 is 9.79 Å². The number of hydrogen-bond donors (Lipinski definition) is 2. The van der Waals surface area contributed by atoms with Gasteiger partial charge in [-0.2, -0.15) is 0 Å². The highest BCUT2D eigenvalue weighted by Crippen LogP contribution is 2.35. The summed E-state index contributed by atoms with van der Waals surface area (Å²) < 4.78 is 15.0. The SMILES string of the molecule is O=C=NCCCCCCCCCCCCCCCCCCCCCCCCOP(=O)(O)O. The number of nitrogens with zero attached hydrogens (tertiary/aromatic N) is 1. The molecule has 2 N–H and O–H groups in total. The molecule has 0 aromatic carbocycles. The van der Waals surface area contributed by atoms with Crippen LogP contribution in [0, 0.1) is 0 Å². The molecule has 0 aliphatic carbocycles. The first-order chi connectivity index (χ1) is 15.6. The first-order valence-electron chi connectivity index (χ1n) is 13.3. The molecule has 0 fully saturated rings. The molecule has 6 nitrogen and oxygen atoms in total. The molecule has 0 saturated heterocycles. The fourth-order valence-corrected chi connectivity index (χ4v) is 4.42. The number of aliphatic imine (C=N–C) groups is 1. The molecule has 32 heavy (non-hydrogen) atoms. The van der Waals surface area contributed by atoms with Gasteiger partial charge in [0.05, 0.1) is 13.2 Å². The number of carbonyl (C=O) groups excluding carboxylic acids is 1. The molecule has 0 aromatic rings. The van der Waals surface area contributed by atoms with Gasteiger partial charge in [0.2, 0.25) is 6.08 Å². The van der Waals surface area contributed by atoms with E-state index in [-0.39, 0.29) is 6.61 Å². The Kier molecular flexibility index (Phi) is 24.7. The molecule has 0 radical (unpaired) electrons. The fourth-order valence-electron chi connectivity index (χ4n) is 4.06. The molecule has 0 saturated carbocycles. The molecular weight excluding hydrogens is 425 g/mol. The Morgan fingerprint density at radius 2 is 0.812 bits per heavy atom. The van der Waals surface area contributed by atoms with Crippen molar-refractivity contribution in [1.82, 2.24) is 0 Å². The lowest BCUT2D eigenvalue weighted by molar-refractivity contribution is 0.193. The lowest BCUT2D eigenvalue weighted by atomic mass is 10.0. The normalized spacial score (nSPS) is 11.6. The second-order valence-electron chi connectivity index (χ2n) is 9.07. The average Bonchev–Trinajstić information content (AvgIpc) is 2.75. The van der Waals surface area contributed by atoms with Gasteiger partial charge in [0.15, 0.2) is 0 Å². The van der Waals surface area contributed by atoms with Crippen molar-refractivity contribution in [1.29, 1.82) is 0 Å². The Morgan fingerprint density at radius 3 is 1.09 bits per heavy atom. The molecule has 0 spiro atoms. The second-order valence-corrected chi connectivity index (χ2v) is 10.3. The largest absolute Gasteiger partial charge is 0.469 e. The summed E-state index contributed by atoms with van der Waals surface area (Å²) in [5.74, 6) is 0. The van der Waals surface area contributed by atoms with Crippen LogP contribution in [0.5, 0.6) is 0 Å². The molecule has 0 aromatic heterocycles. The predicted octanol–water partition coefficient (Wildman–Crippen LogP) is 8.01. The van der Waals surface area contributed by atoms with Gasteiger partial charge in [-0.25, -0.2) is 14.4 Å². The van der Waals surface area contributed by atoms with Gasteiger partial charge >= 0.3 is 7.82 Å². The van der Waals surface area contributed by atoms with Crippen LogP contribution in [0.15, 0.2) is 4.99 Å². The van der Waals surface area contributed by atoms with E-state index >= 15 is 0 Å². The van der Waals surface area contributed by atoms with Crippen LogP contribution in [-0.4, -0.2) is 29.0 Å². The number of isocyanates is 1. The van der Waals surface area contributed by atoms with Crippen molar-refractivity contribution < 1.29 is 23.7 Å². The Hall–Kier alpha value is -0.510. The molecule has 0 aliphatic rings. The van der Waals surface area contributed by atoms with E-state index in [1.54, 1.807) is 6.08 Å². The Labute approximate surface area is 197 Å². The van der Waals surface area contributed by atoms with E-state index in [0.29, 0.717) is 6.54 Å². The molecule has 7 heteroatoms. The molecule has 0 unspecified atom stereocenters. The summed E-state index contributed by atoms with van der Waals surface area (Å²) in [6.07, 6.45) is 29.6. The molecule has 190 valence electrons. The van der Waals surface area contributed by atoms with E-state index in [2.05, 4.69) is 9.52 Å². The summed E-state index contributed by atoms with van der Waals surface area (Å²) >= 11 is 0. The first kappa shape index (κ1) is 31.5. The minimum absolute atomic E-state index is 0.159. The summed E-state index contributed by atoms with van der Waals surface area (Å²) in [5, 5.41) is 0. The van der Waals surface area contributed by atoms with E-state index in [4.69, 9.17) is 9.79 Å². The summed E-state index contributed by atoms with van der Waals surface area (Å²) in [6.45, 7) is 0.808. The second kappa shape index (κ2) is 25.1. The third-order valence-electron chi connectivity index (χ3n) is 5.99. The number of phosphoric acid groups is 1. The molecular formula is C25H50NO5P. The van der Waals surface area contributed by atoms with Gasteiger partial charge in [-0.05, 0) is 12.8 Å². The molecule has 0 rings (SSSR count). The topological polar surface area (TPSA) is 96.2 Å². The number of rotatable bonds is 26. The monoisotopic (exact) mass is 475 g/mol. The number of phosphoric ester groups is 1. The molecule has 0 atom stereocenters. The number of hydrogen-bond acceptors (Lipinski definition) is 4. The lowest BCUT2D eigenvalue weighted by Crippen LogP contribution is -1.92. The van der Waals surface area contributed by atoms with E-state index in [0.717, 1.165) is 25.7 Å². The molecule has 0 aliphatic heterocycles. The van der Waals surface area contributed by atoms with Crippen molar-refractivity contribution >= 4 is 13.9 Å². The van der Waals surface area contributed by atoms with E-state index in [1.807, 2.05) is 0 Å². The zero-order valence-corrected chi connectivity index (χ0v) is 21.4. The van der Waals surface area contributed by atoms with E-state index < -0.39 is 7.82 Å². The summed E-state index contributed by atoms with van der Waals surface area (Å²) in [6, 6.07) is 0. The van der Waals surface area contributed by atoms with Crippen molar-refractivity contribution in [2.24, 2.45) is 4.99 Å². The van der Waals surface area contributed by atoms with Crippen LogP contribution >= 0.6 is 7.82 Å². The smallest absolute Gasteiger partial charge is 0.303 e. The molecule has 0 bridgehead atoms. The average molecular weight is 476 g/mol. The maximum absolute atomic E-state index is 10.5. The third-order valence-corrected chi connectivity index (χ3v) is 6.51. The maximum atomic E-state index is 10.5. The quantitative estimate of drug-likeness (QED) is 0.0571. The summed E-state index contributed by atoms with van der Waals surface area (Å²) in [5.41, 5.74) is 0. The minimum Gasteiger partial charge on any atom is -0.303 e. The van der Waals surface area contributed by atoms with Gasteiger partial charge in [0.1, 0.15) is 0 Å². The summed E-state index contributed by atoms with van der Waals surface area (Å²) in [7, 11) is -4.27. The van der Waals surface area contributed by atoms with Crippen LogP contribution in [-0.2, 0) is 13.9 Å². The summed E-state index contributed by atoms with van der Waals surface area (Å²) in [4.78, 5) is 30.7. The van der Waals surface area contributed by atoms with Crippen LogP contribution in [0.3, 0.4) is 0 Å². The zero-order valence-electron chi connectivity index (χ0n) is 20.5. The highest BCUT2D eigenvalue weighted by Gasteiger charge is 2.12. The standard InChI is InChI=1S/C25H50NO5P/c27-25-26-23-21-19-17-15-13-11-9-7-5-3-1-2-4-6-8-10-12-14-16-18-20-22-24-31-32(28,29)30/h1-24H2,(H2,28,29,30). The Morgan fingerprint density at radius 1 is 0.531 bits per heavy atom. The predicted molar refractivity (Wildman–Crippen MR) is 133 cm³/mol. The van der Waals surface area contributed by atoms with Crippen LogP contribution in [0.25, 0.3) is 0 Å². The van der Waals surface area contributed by atoms with Crippen LogP contribution in [0.2, 0.25) is 0 Å². The minimum atomic E-state index is -4.27. The van der Waals surface area contributed by atoms with Gasteiger partial charge in [0, 0.05) is 0 Å². The van der Waals surface area contributed by atoms with Crippen molar-refractivity contribution in [3.8, 4) is 0 Å². The zero-order chi connectivity index (χ0) is 23.6. The Balaban J connectivity index is 3.05. The maximum Gasteiger partial charge on any atom is 0.469 e. The lowest BCUT2D eigenvalue weighted by Gasteiger charge is -2.05. The number of unbranched alkanes of at least 4 members (excludes halogenated alkanes) is 21. The van der Waals surface area contributed by atoms with Crippen LogP contribution in [0.1, 0.15) is 141 Å². The molecule has 0 amide bonds. The van der Waals surface area contributed by atoms with Crippen molar-refractivity contribution in [2.75, 3.05) is 13.2 Å². The van der Waals surface area contributed by atoms with E-state index in [9.17, 15) is 9.36 Å². The van der Waals surface area contributed by atoms with Gasteiger partial charge in [0.25, 0.3) is 0 Å². The van der Waals surface area contributed by atoms with Crippen LogP contribution < -0.4 is 0 Å². The van der Waals surface area contributed by atoms with Crippen molar-refractivity contribution in [2.45, 2.75) is 141 Å². The van der Waals surface area contributed by atoms with E-state index in [1.165, 1.54) is 116 Å². The highest BCUT2D eigenvalue weighted by molar-refractivity contribution is 7.46. The fraction of sp³-hybridized carbons (Fsp3) is 0.960. The Bertz CT molecular complexity index is 477. The third kappa shape index (κ3) is 29.5. The van der Waals surface area contributed by atoms with Crippen molar-refractivity contribution in [3.05, 3.63) is 0 Å². The van der Waals surface area contributed by atoms with Gasteiger partial charge in [-0.1, -0.05) is 128 Å². The van der Waals surface area contributed by atoms with Gasteiger partial charge in [-0.15, -0.1) is 0 Å². The highest BCUT2D eigenvalue weighted by atomic mass is 31.2. The molecule has 0 heterocycles.